The van der Waals surface area contributed by atoms with Gasteiger partial charge in [-0.15, -0.1) is 11.3 Å². The molecule has 0 amide bonds. The maximum Gasteiger partial charge on any atom is 0.315 e. The van der Waals surface area contributed by atoms with Crippen molar-refractivity contribution in [2.45, 2.75) is 18.3 Å². The van der Waals surface area contributed by atoms with Gasteiger partial charge in [0, 0.05) is 11.1 Å². The lowest BCUT2D eigenvalue weighted by Gasteiger charge is -2.03. The summed E-state index contributed by atoms with van der Waals surface area (Å²) < 4.78 is 0.755. The Morgan fingerprint density at radius 2 is 2.42 bits per heavy atom. The van der Waals surface area contributed by atoms with E-state index in [0.29, 0.717) is 0 Å². The lowest BCUT2D eigenvalue weighted by Crippen LogP contribution is -2.17. The van der Waals surface area contributed by atoms with Gasteiger partial charge in [0.15, 0.2) is 3.92 Å². The van der Waals surface area contributed by atoms with E-state index in [2.05, 4.69) is 20.9 Å². The lowest BCUT2D eigenvalue weighted by atomic mass is 10.1. The Morgan fingerprint density at radius 1 is 1.75 bits per heavy atom. The summed E-state index contributed by atoms with van der Waals surface area (Å²) in [6.45, 7) is 0. The molecular formula is C7H6BrNO2S. The zero-order chi connectivity index (χ0) is 8.77. The smallest absolute Gasteiger partial charge is 0.315 e. The fourth-order valence-electron chi connectivity index (χ4n) is 1.16. The molecule has 1 fully saturated rings. The van der Waals surface area contributed by atoms with Crippen LogP contribution in [-0.4, -0.2) is 16.1 Å². The van der Waals surface area contributed by atoms with Crippen molar-refractivity contribution in [3.63, 3.8) is 0 Å². The number of aliphatic carboxylic acids is 1. The van der Waals surface area contributed by atoms with Crippen LogP contribution in [-0.2, 0) is 10.2 Å². The molecule has 1 aromatic heterocycles. The van der Waals surface area contributed by atoms with Crippen molar-refractivity contribution in [1.82, 2.24) is 4.98 Å². The van der Waals surface area contributed by atoms with Crippen molar-refractivity contribution in [3.05, 3.63) is 15.0 Å². The lowest BCUT2D eigenvalue weighted by molar-refractivity contribution is -0.139. The second-order valence-corrected chi connectivity index (χ2v) is 5.17. The largest absolute Gasteiger partial charge is 0.481 e. The highest BCUT2D eigenvalue weighted by Gasteiger charge is 2.53. The van der Waals surface area contributed by atoms with E-state index in [4.69, 9.17) is 5.11 Å². The molecular weight excluding hydrogens is 242 g/mol. The summed E-state index contributed by atoms with van der Waals surface area (Å²) in [6, 6.07) is 0. The fourth-order valence-corrected chi connectivity index (χ4v) is 2.67. The molecule has 1 heterocycles. The monoisotopic (exact) mass is 247 g/mol. The van der Waals surface area contributed by atoms with Crippen LogP contribution >= 0.6 is 27.3 Å². The number of aromatic nitrogens is 1. The van der Waals surface area contributed by atoms with Crippen LogP contribution in [0.15, 0.2) is 10.1 Å². The summed E-state index contributed by atoms with van der Waals surface area (Å²) in [5, 5.41) is 8.93. The average Bonchev–Trinajstić information content (AvgIpc) is 2.71. The molecule has 2 rings (SSSR count). The third-order valence-corrected chi connectivity index (χ3v) is 3.79. The van der Waals surface area contributed by atoms with E-state index in [1.807, 2.05) is 0 Å². The van der Waals surface area contributed by atoms with Crippen LogP contribution in [0.5, 0.6) is 0 Å². The molecule has 0 spiro atoms. The minimum atomic E-state index is -0.723. The normalized spacial score (nSPS) is 19.1. The van der Waals surface area contributed by atoms with Crippen LogP contribution < -0.4 is 0 Å². The molecule has 5 heteroatoms. The zero-order valence-corrected chi connectivity index (χ0v) is 8.48. The van der Waals surface area contributed by atoms with Crippen LogP contribution in [0.4, 0.5) is 0 Å². The molecule has 0 unspecified atom stereocenters. The minimum absolute atomic E-state index is 0.594. The minimum Gasteiger partial charge on any atom is -0.481 e. The molecule has 1 aliphatic rings. The summed E-state index contributed by atoms with van der Waals surface area (Å²) in [5.41, 5.74) is -0.594. The number of carboxylic acid groups (broad SMARTS) is 1. The van der Waals surface area contributed by atoms with Gasteiger partial charge in [0.25, 0.3) is 0 Å². The summed E-state index contributed by atoms with van der Waals surface area (Å²) >= 11 is 4.63. The number of carboxylic acids is 1. The Morgan fingerprint density at radius 3 is 2.75 bits per heavy atom. The first kappa shape index (κ1) is 8.19. The van der Waals surface area contributed by atoms with E-state index in [0.717, 1.165) is 21.6 Å². The van der Waals surface area contributed by atoms with E-state index in [9.17, 15) is 4.79 Å². The zero-order valence-electron chi connectivity index (χ0n) is 6.08. The Bertz CT molecular complexity index is 332. The van der Waals surface area contributed by atoms with Gasteiger partial charge in [0.2, 0.25) is 0 Å². The van der Waals surface area contributed by atoms with Crippen LogP contribution in [0.2, 0.25) is 0 Å². The number of hydrogen-bond donors (Lipinski definition) is 1. The standard InChI is InChI=1S/C7H6BrNO2S/c8-6-9-3-4(12-6)7(1-2-7)5(10)11/h3H,1-2H2,(H,10,11). The molecule has 0 aromatic carbocycles. The van der Waals surface area contributed by atoms with Gasteiger partial charge in [0.1, 0.15) is 5.41 Å². The van der Waals surface area contributed by atoms with Crippen LogP contribution in [0.25, 0.3) is 0 Å². The Hall–Kier alpha value is -0.420. The molecule has 0 bridgehead atoms. The number of carbonyl (C=O) groups is 1. The molecule has 1 aliphatic carbocycles. The maximum atomic E-state index is 10.9. The van der Waals surface area contributed by atoms with Gasteiger partial charge >= 0.3 is 5.97 Å². The Kier molecular flexibility index (Phi) is 1.73. The van der Waals surface area contributed by atoms with Gasteiger partial charge < -0.3 is 5.11 Å². The summed E-state index contributed by atoms with van der Waals surface area (Å²) in [7, 11) is 0. The van der Waals surface area contributed by atoms with Crippen molar-refractivity contribution in [2.75, 3.05) is 0 Å². The third-order valence-electron chi connectivity index (χ3n) is 2.11. The number of halogens is 1. The molecule has 0 atom stereocenters. The first-order valence-electron chi connectivity index (χ1n) is 3.50. The number of nitrogens with zero attached hydrogens (tertiary/aromatic N) is 1. The molecule has 1 aromatic rings. The first-order chi connectivity index (χ1) is 5.65. The van der Waals surface area contributed by atoms with Gasteiger partial charge in [-0.3, -0.25) is 4.79 Å². The SMILES string of the molecule is O=C(O)C1(c2cnc(Br)s2)CC1. The third kappa shape index (κ3) is 1.08. The van der Waals surface area contributed by atoms with Crippen molar-refractivity contribution in [2.24, 2.45) is 0 Å². The second-order valence-electron chi connectivity index (χ2n) is 2.86. The molecule has 0 aliphatic heterocycles. The molecule has 12 heavy (non-hydrogen) atoms. The van der Waals surface area contributed by atoms with Gasteiger partial charge in [-0.1, -0.05) is 0 Å². The van der Waals surface area contributed by atoms with E-state index < -0.39 is 11.4 Å². The summed E-state index contributed by atoms with van der Waals surface area (Å²) in [6.07, 6.45) is 3.14. The van der Waals surface area contributed by atoms with Gasteiger partial charge in [-0.05, 0) is 28.8 Å². The molecule has 1 N–H and O–H groups in total. The Labute approximate surface area is 81.6 Å². The first-order valence-corrected chi connectivity index (χ1v) is 5.11. The van der Waals surface area contributed by atoms with Crippen molar-refractivity contribution >= 4 is 33.2 Å². The van der Waals surface area contributed by atoms with Gasteiger partial charge in [0.05, 0.1) is 0 Å². The highest BCUT2D eigenvalue weighted by Crippen LogP contribution is 2.50. The van der Waals surface area contributed by atoms with Crippen LogP contribution in [0.1, 0.15) is 17.7 Å². The molecule has 3 nitrogen and oxygen atoms in total. The van der Waals surface area contributed by atoms with Crippen LogP contribution in [0.3, 0.4) is 0 Å². The predicted molar refractivity (Wildman–Crippen MR) is 48.4 cm³/mol. The van der Waals surface area contributed by atoms with Crippen molar-refractivity contribution in [3.8, 4) is 0 Å². The quantitative estimate of drug-likeness (QED) is 0.871. The van der Waals surface area contributed by atoms with E-state index in [-0.39, 0.29) is 0 Å². The molecule has 0 radical (unpaired) electrons. The second kappa shape index (κ2) is 2.53. The fraction of sp³-hybridized carbons (Fsp3) is 0.429. The summed E-state index contributed by atoms with van der Waals surface area (Å²) in [5.74, 6) is -0.723. The van der Waals surface area contributed by atoms with Crippen LogP contribution in [0, 0.1) is 0 Å². The molecule has 0 saturated heterocycles. The molecule has 1 saturated carbocycles. The van der Waals surface area contributed by atoms with Crippen molar-refractivity contribution < 1.29 is 9.90 Å². The number of hydrogen-bond acceptors (Lipinski definition) is 3. The van der Waals surface area contributed by atoms with E-state index in [1.165, 1.54) is 11.3 Å². The maximum absolute atomic E-state index is 10.9. The Balaban J connectivity index is 2.36. The predicted octanol–water partition coefficient (Wildman–Crippen LogP) is 2.02. The average molecular weight is 248 g/mol. The van der Waals surface area contributed by atoms with E-state index >= 15 is 0 Å². The highest BCUT2D eigenvalue weighted by molar-refractivity contribution is 9.11. The van der Waals surface area contributed by atoms with Gasteiger partial charge in [-0.25, -0.2) is 4.98 Å². The number of rotatable bonds is 2. The molecule has 64 valence electrons. The topological polar surface area (TPSA) is 50.2 Å². The van der Waals surface area contributed by atoms with Crippen molar-refractivity contribution in [1.29, 1.82) is 0 Å². The number of thiazole rings is 1. The summed E-state index contributed by atoms with van der Waals surface area (Å²) in [4.78, 5) is 15.7. The van der Waals surface area contributed by atoms with E-state index in [1.54, 1.807) is 6.20 Å². The van der Waals surface area contributed by atoms with Gasteiger partial charge in [-0.2, -0.15) is 0 Å². The highest BCUT2D eigenvalue weighted by atomic mass is 79.9.